The van der Waals surface area contributed by atoms with E-state index in [1.54, 1.807) is 0 Å². The lowest BCUT2D eigenvalue weighted by molar-refractivity contribution is -0.138. The molecule has 15 heavy (non-hydrogen) atoms. The predicted octanol–water partition coefficient (Wildman–Crippen LogP) is 1.35. The van der Waals surface area contributed by atoms with Crippen molar-refractivity contribution in [3.05, 3.63) is 0 Å². The minimum absolute atomic E-state index is 0.102. The monoisotopic (exact) mass is 215 g/mol. The van der Waals surface area contributed by atoms with Gasteiger partial charge in [0.1, 0.15) is 0 Å². The molecule has 1 rings (SSSR count). The standard InChI is InChI=1S/C11H21NO3/c1-9(2)12(10-3-4-10)6-8-15-7-5-11(13)14/h9-10H,3-8H2,1-2H3,(H,13,14). The van der Waals surface area contributed by atoms with Gasteiger partial charge in [0.15, 0.2) is 0 Å². The van der Waals surface area contributed by atoms with Crippen LogP contribution in [0.5, 0.6) is 0 Å². The zero-order chi connectivity index (χ0) is 11.3. The van der Waals surface area contributed by atoms with Crippen molar-refractivity contribution in [3.63, 3.8) is 0 Å². The van der Waals surface area contributed by atoms with Crippen LogP contribution in [0.3, 0.4) is 0 Å². The molecule has 1 aliphatic carbocycles. The Kier molecular flexibility index (Phi) is 5.05. The van der Waals surface area contributed by atoms with Crippen LogP contribution in [0.1, 0.15) is 33.1 Å². The maximum absolute atomic E-state index is 10.2. The Balaban J connectivity index is 2.04. The quantitative estimate of drug-likeness (QED) is 0.621. The number of carbonyl (C=O) groups is 1. The third-order valence-corrected chi connectivity index (χ3v) is 2.63. The topological polar surface area (TPSA) is 49.8 Å². The van der Waals surface area contributed by atoms with Crippen molar-refractivity contribution in [3.8, 4) is 0 Å². The number of carboxylic acid groups (broad SMARTS) is 1. The van der Waals surface area contributed by atoms with E-state index in [9.17, 15) is 4.79 Å². The Hall–Kier alpha value is -0.610. The van der Waals surface area contributed by atoms with Crippen molar-refractivity contribution < 1.29 is 14.6 Å². The summed E-state index contributed by atoms with van der Waals surface area (Å²) >= 11 is 0. The number of nitrogens with zero attached hydrogens (tertiary/aromatic N) is 1. The van der Waals surface area contributed by atoms with Crippen LogP contribution in [-0.2, 0) is 9.53 Å². The van der Waals surface area contributed by atoms with Crippen LogP contribution in [0.15, 0.2) is 0 Å². The Morgan fingerprint density at radius 3 is 2.60 bits per heavy atom. The van der Waals surface area contributed by atoms with Gasteiger partial charge >= 0.3 is 5.97 Å². The molecule has 1 aliphatic rings. The average Bonchev–Trinajstić information content (AvgIpc) is 2.93. The van der Waals surface area contributed by atoms with Crippen LogP contribution in [0.2, 0.25) is 0 Å². The zero-order valence-electron chi connectivity index (χ0n) is 9.61. The molecule has 0 amide bonds. The maximum Gasteiger partial charge on any atom is 0.305 e. The van der Waals surface area contributed by atoms with Gasteiger partial charge < -0.3 is 9.84 Å². The lowest BCUT2D eigenvalue weighted by Crippen LogP contribution is -2.35. The fourth-order valence-corrected chi connectivity index (χ4v) is 1.70. The summed E-state index contributed by atoms with van der Waals surface area (Å²) in [5.41, 5.74) is 0. The Morgan fingerprint density at radius 1 is 1.47 bits per heavy atom. The first-order chi connectivity index (χ1) is 7.11. The molecule has 0 unspecified atom stereocenters. The van der Waals surface area contributed by atoms with Crippen molar-refractivity contribution in [2.24, 2.45) is 0 Å². The highest BCUT2D eigenvalue weighted by Crippen LogP contribution is 2.28. The highest BCUT2D eigenvalue weighted by molar-refractivity contribution is 5.66. The second kappa shape index (κ2) is 6.08. The fraction of sp³-hybridized carbons (Fsp3) is 0.909. The zero-order valence-corrected chi connectivity index (χ0v) is 9.61. The molecule has 0 saturated heterocycles. The van der Waals surface area contributed by atoms with E-state index in [2.05, 4.69) is 18.7 Å². The molecule has 1 N–H and O–H groups in total. The minimum Gasteiger partial charge on any atom is -0.481 e. The van der Waals surface area contributed by atoms with Crippen LogP contribution < -0.4 is 0 Å². The minimum atomic E-state index is -0.794. The van der Waals surface area contributed by atoms with Gasteiger partial charge in [0.05, 0.1) is 19.6 Å². The summed E-state index contributed by atoms with van der Waals surface area (Å²) in [6.45, 7) is 6.26. The summed E-state index contributed by atoms with van der Waals surface area (Å²) in [7, 11) is 0. The number of ether oxygens (including phenoxy) is 1. The van der Waals surface area contributed by atoms with E-state index in [1.165, 1.54) is 12.8 Å². The normalized spacial score (nSPS) is 16.3. The van der Waals surface area contributed by atoms with Crippen LogP contribution in [0.25, 0.3) is 0 Å². The summed E-state index contributed by atoms with van der Waals surface area (Å²) < 4.78 is 5.28. The maximum atomic E-state index is 10.2. The van der Waals surface area contributed by atoms with Crippen LogP contribution in [-0.4, -0.2) is 47.8 Å². The largest absolute Gasteiger partial charge is 0.481 e. The van der Waals surface area contributed by atoms with Crippen molar-refractivity contribution in [1.29, 1.82) is 0 Å². The van der Waals surface area contributed by atoms with Gasteiger partial charge in [-0.3, -0.25) is 9.69 Å². The van der Waals surface area contributed by atoms with Gasteiger partial charge in [-0.2, -0.15) is 0 Å². The second-order valence-electron chi connectivity index (χ2n) is 4.32. The second-order valence-corrected chi connectivity index (χ2v) is 4.32. The molecule has 4 nitrogen and oxygen atoms in total. The highest BCUT2D eigenvalue weighted by atomic mass is 16.5. The van der Waals surface area contributed by atoms with Gasteiger partial charge in [0.25, 0.3) is 0 Å². The van der Waals surface area contributed by atoms with Crippen LogP contribution in [0, 0.1) is 0 Å². The summed E-state index contributed by atoms with van der Waals surface area (Å²) in [6.07, 6.45) is 2.70. The summed E-state index contributed by atoms with van der Waals surface area (Å²) in [6, 6.07) is 1.30. The van der Waals surface area contributed by atoms with E-state index >= 15 is 0 Å². The number of carboxylic acids is 1. The van der Waals surface area contributed by atoms with Crippen LogP contribution in [0.4, 0.5) is 0 Å². The van der Waals surface area contributed by atoms with Gasteiger partial charge in [0, 0.05) is 18.6 Å². The molecule has 0 aromatic heterocycles. The molecule has 88 valence electrons. The lowest BCUT2D eigenvalue weighted by Gasteiger charge is -2.25. The number of rotatable bonds is 8. The molecule has 0 aliphatic heterocycles. The molecule has 0 radical (unpaired) electrons. The van der Waals surface area contributed by atoms with E-state index in [4.69, 9.17) is 9.84 Å². The van der Waals surface area contributed by atoms with Gasteiger partial charge in [-0.15, -0.1) is 0 Å². The molecule has 0 bridgehead atoms. The van der Waals surface area contributed by atoms with Crippen molar-refractivity contribution in [2.75, 3.05) is 19.8 Å². The Bertz CT molecular complexity index is 200. The summed E-state index contributed by atoms with van der Waals surface area (Å²) in [4.78, 5) is 12.7. The smallest absolute Gasteiger partial charge is 0.305 e. The molecular weight excluding hydrogens is 194 g/mol. The predicted molar refractivity (Wildman–Crippen MR) is 57.9 cm³/mol. The Morgan fingerprint density at radius 2 is 2.13 bits per heavy atom. The van der Waals surface area contributed by atoms with Crippen LogP contribution >= 0.6 is 0 Å². The van der Waals surface area contributed by atoms with Gasteiger partial charge in [-0.1, -0.05) is 0 Å². The third-order valence-electron chi connectivity index (χ3n) is 2.63. The van der Waals surface area contributed by atoms with Gasteiger partial charge in [0.2, 0.25) is 0 Å². The molecule has 0 heterocycles. The molecule has 0 spiro atoms. The van der Waals surface area contributed by atoms with Gasteiger partial charge in [-0.05, 0) is 26.7 Å². The lowest BCUT2D eigenvalue weighted by atomic mass is 10.3. The summed E-state index contributed by atoms with van der Waals surface area (Å²) in [5.74, 6) is -0.794. The SMILES string of the molecule is CC(C)N(CCOCCC(=O)O)C1CC1. The fourth-order valence-electron chi connectivity index (χ4n) is 1.70. The van der Waals surface area contributed by atoms with Crippen molar-refractivity contribution >= 4 is 5.97 Å². The number of hydrogen-bond donors (Lipinski definition) is 1. The highest BCUT2D eigenvalue weighted by Gasteiger charge is 2.29. The molecule has 0 atom stereocenters. The van der Waals surface area contributed by atoms with E-state index < -0.39 is 5.97 Å². The van der Waals surface area contributed by atoms with Gasteiger partial charge in [-0.25, -0.2) is 0 Å². The van der Waals surface area contributed by atoms with Crippen molar-refractivity contribution in [1.82, 2.24) is 4.90 Å². The first kappa shape index (κ1) is 12.5. The molecule has 1 saturated carbocycles. The number of hydrogen-bond acceptors (Lipinski definition) is 3. The van der Waals surface area contributed by atoms with E-state index in [0.717, 1.165) is 12.6 Å². The average molecular weight is 215 g/mol. The molecule has 0 aromatic rings. The number of aliphatic carboxylic acids is 1. The third kappa shape index (κ3) is 5.14. The Labute approximate surface area is 91.2 Å². The first-order valence-corrected chi connectivity index (χ1v) is 5.66. The van der Waals surface area contributed by atoms with E-state index in [-0.39, 0.29) is 6.42 Å². The summed E-state index contributed by atoms with van der Waals surface area (Å²) in [5, 5.41) is 8.42. The van der Waals surface area contributed by atoms with E-state index in [0.29, 0.717) is 19.3 Å². The molecular formula is C11H21NO3. The molecule has 1 fully saturated rings. The van der Waals surface area contributed by atoms with E-state index in [1.807, 2.05) is 0 Å². The van der Waals surface area contributed by atoms with Crippen molar-refractivity contribution in [2.45, 2.75) is 45.2 Å². The molecule has 0 aromatic carbocycles. The first-order valence-electron chi connectivity index (χ1n) is 5.66. The molecule has 4 heteroatoms.